The predicted molar refractivity (Wildman–Crippen MR) is 64.6 cm³/mol. The summed E-state index contributed by atoms with van der Waals surface area (Å²) >= 11 is 0. The minimum absolute atomic E-state index is 0.0447. The van der Waals surface area contributed by atoms with Crippen LogP contribution in [0.25, 0.3) is 0 Å². The Hall–Kier alpha value is -1.94. The maximum atomic E-state index is 11.8. The molecule has 0 aromatic heterocycles. The highest BCUT2D eigenvalue weighted by Gasteiger charge is 2.43. The normalized spacial score (nSPS) is 22.8. The van der Waals surface area contributed by atoms with E-state index >= 15 is 0 Å². The smallest absolute Gasteiger partial charge is 0.350 e. The number of aliphatic hydroxyl groups is 1. The van der Waals surface area contributed by atoms with Crippen LogP contribution in [0.15, 0.2) is 42.5 Å². The molecule has 1 atom stereocenters. The van der Waals surface area contributed by atoms with Gasteiger partial charge in [0.25, 0.3) is 0 Å². The average Bonchev–Trinajstić information content (AvgIpc) is 2.40. The van der Waals surface area contributed by atoms with E-state index in [0.29, 0.717) is 6.42 Å². The van der Waals surface area contributed by atoms with Crippen molar-refractivity contribution in [3.63, 3.8) is 0 Å². The van der Waals surface area contributed by atoms with Gasteiger partial charge in [0.05, 0.1) is 0 Å². The molecule has 1 aliphatic rings. The lowest BCUT2D eigenvalue weighted by Crippen LogP contribution is -2.47. The molecule has 0 radical (unpaired) electrons. The monoisotopic (exact) mass is 246 g/mol. The molecule has 0 saturated heterocycles. The molecule has 4 heteroatoms. The Morgan fingerprint density at radius 1 is 1.33 bits per heavy atom. The number of ether oxygens (including phenoxy) is 1. The predicted octanol–water partition coefficient (Wildman–Crippen LogP) is 1.38. The molecule has 0 fully saturated rings. The van der Waals surface area contributed by atoms with Crippen LogP contribution in [0, 0.1) is 0 Å². The number of hydrogen-bond acceptors (Lipinski definition) is 4. The molecule has 0 amide bonds. The molecule has 94 valence electrons. The van der Waals surface area contributed by atoms with Crippen molar-refractivity contribution < 1.29 is 19.4 Å². The Morgan fingerprint density at radius 2 is 2.06 bits per heavy atom. The van der Waals surface area contributed by atoms with Gasteiger partial charge in [-0.2, -0.15) is 0 Å². The van der Waals surface area contributed by atoms with Gasteiger partial charge < -0.3 is 9.84 Å². The van der Waals surface area contributed by atoms with E-state index in [1.165, 1.54) is 6.08 Å². The first-order valence-electron chi connectivity index (χ1n) is 5.77. The number of esters is 1. The molecular weight excluding hydrogens is 232 g/mol. The van der Waals surface area contributed by atoms with Crippen molar-refractivity contribution in [1.82, 2.24) is 0 Å². The van der Waals surface area contributed by atoms with Crippen molar-refractivity contribution >= 4 is 11.8 Å². The maximum Gasteiger partial charge on any atom is 0.350 e. The summed E-state index contributed by atoms with van der Waals surface area (Å²) in [7, 11) is 0. The fraction of sp³-hybridized carbons (Fsp3) is 0.286. The van der Waals surface area contributed by atoms with Gasteiger partial charge in [0.1, 0.15) is 6.61 Å². The number of allylic oxidation sites excluding steroid dienone is 1. The van der Waals surface area contributed by atoms with Crippen molar-refractivity contribution in [2.24, 2.45) is 0 Å². The van der Waals surface area contributed by atoms with E-state index in [2.05, 4.69) is 0 Å². The largest absolute Gasteiger partial charge is 0.458 e. The van der Waals surface area contributed by atoms with Crippen molar-refractivity contribution in [2.75, 3.05) is 0 Å². The van der Waals surface area contributed by atoms with Crippen LogP contribution >= 0.6 is 0 Å². The highest BCUT2D eigenvalue weighted by molar-refractivity contribution is 6.09. The molecule has 1 aromatic carbocycles. The second-order valence-electron chi connectivity index (χ2n) is 4.19. The van der Waals surface area contributed by atoms with E-state index in [1.807, 2.05) is 18.2 Å². The van der Waals surface area contributed by atoms with Crippen LogP contribution in [-0.2, 0) is 20.9 Å². The first-order valence-corrected chi connectivity index (χ1v) is 5.77. The van der Waals surface area contributed by atoms with E-state index in [-0.39, 0.29) is 13.0 Å². The summed E-state index contributed by atoms with van der Waals surface area (Å²) < 4.78 is 4.98. The molecule has 1 N–H and O–H groups in total. The van der Waals surface area contributed by atoms with Crippen molar-refractivity contribution in [1.29, 1.82) is 0 Å². The van der Waals surface area contributed by atoms with Crippen LogP contribution in [0.5, 0.6) is 0 Å². The number of ketones is 1. The number of hydrogen-bond donors (Lipinski definition) is 1. The van der Waals surface area contributed by atoms with Gasteiger partial charge in [-0.05, 0) is 18.1 Å². The van der Waals surface area contributed by atoms with Crippen LogP contribution in [0.1, 0.15) is 18.4 Å². The first kappa shape index (κ1) is 12.5. The quantitative estimate of drug-likeness (QED) is 0.497. The fourth-order valence-electron chi connectivity index (χ4n) is 1.77. The fourth-order valence-corrected chi connectivity index (χ4v) is 1.77. The molecule has 0 heterocycles. The summed E-state index contributed by atoms with van der Waals surface area (Å²) in [6.45, 7) is 0.0447. The summed E-state index contributed by atoms with van der Waals surface area (Å²) in [5.41, 5.74) is -1.30. The average molecular weight is 246 g/mol. The van der Waals surface area contributed by atoms with E-state index in [0.717, 1.165) is 5.56 Å². The molecule has 0 spiro atoms. The molecule has 1 unspecified atom stereocenters. The van der Waals surface area contributed by atoms with Gasteiger partial charge in [-0.1, -0.05) is 36.4 Å². The summed E-state index contributed by atoms with van der Waals surface area (Å²) in [6.07, 6.45) is 3.54. The van der Waals surface area contributed by atoms with Gasteiger partial charge in [0.15, 0.2) is 5.78 Å². The molecule has 18 heavy (non-hydrogen) atoms. The van der Waals surface area contributed by atoms with Crippen molar-refractivity contribution in [3.8, 4) is 0 Å². The van der Waals surface area contributed by atoms with Gasteiger partial charge in [0.2, 0.25) is 5.60 Å². The van der Waals surface area contributed by atoms with Crippen LogP contribution in [0.2, 0.25) is 0 Å². The van der Waals surface area contributed by atoms with Gasteiger partial charge in [-0.3, -0.25) is 4.79 Å². The highest BCUT2D eigenvalue weighted by Crippen LogP contribution is 2.20. The molecule has 2 rings (SSSR count). The van der Waals surface area contributed by atoms with E-state index in [4.69, 9.17) is 4.74 Å². The minimum atomic E-state index is -2.10. The zero-order valence-corrected chi connectivity index (χ0v) is 9.83. The molecule has 0 bridgehead atoms. The number of Topliss-reactive ketones (excluding diaryl/α,β-unsaturated/α-hetero) is 1. The van der Waals surface area contributed by atoms with Gasteiger partial charge >= 0.3 is 5.97 Å². The molecule has 0 saturated carbocycles. The van der Waals surface area contributed by atoms with Crippen molar-refractivity contribution in [2.45, 2.75) is 25.0 Å². The Bertz CT molecular complexity index is 478. The van der Waals surface area contributed by atoms with Crippen molar-refractivity contribution in [3.05, 3.63) is 48.0 Å². The molecule has 1 aromatic rings. The third kappa shape index (κ3) is 2.49. The highest BCUT2D eigenvalue weighted by atomic mass is 16.5. The number of carbonyl (C=O) groups excluding carboxylic acids is 2. The standard InChI is InChI=1S/C14H14O4/c15-12-8-4-5-9-14(12,17)13(16)18-10-11-6-2-1-3-7-11/h1-3,5-7,9,17H,4,8,10H2. The van der Waals surface area contributed by atoms with E-state index in [1.54, 1.807) is 18.2 Å². The topological polar surface area (TPSA) is 63.6 Å². The maximum absolute atomic E-state index is 11.8. The molecular formula is C14H14O4. The van der Waals surface area contributed by atoms with Gasteiger partial charge in [-0.15, -0.1) is 0 Å². The molecule has 1 aliphatic carbocycles. The summed E-state index contributed by atoms with van der Waals surface area (Å²) in [5.74, 6) is -1.42. The lowest BCUT2D eigenvalue weighted by molar-refractivity contribution is -0.167. The lowest BCUT2D eigenvalue weighted by atomic mass is 9.90. The zero-order chi connectivity index (χ0) is 13.0. The second-order valence-corrected chi connectivity index (χ2v) is 4.19. The molecule has 4 nitrogen and oxygen atoms in total. The number of benzene rings is 1. The second kappa shape index (κ2) is 5.14. The number of rotatable bonds is 3. The zero-order valence-electron chi connectivity index (χ0n) is 9.83. The van der Waals surface area contributed by atoms with E-state index < -0.39 is 17.4 Å². The Labute approximate surface area is 105 Å². The SMILES string of the molecule is O=C1CCC=CC1(O)C(=O)OCc1ccccc1. The van der Waals surface area contributed by atoms with Crippen LogP contribution < -0.4 is 0 Å². The lowest BCUT2D eigenvalue weighted by Gasteiger charge is -2.23. The van der Waals surface area contributed by atoms with Crippen LogP contribution in [0.3, 0.4) is 0 Å². The Morgan fingerprint density at radius 3 is 2.72 bits per heavy atom. The number of carbonyl (C=O) groups is 2. The third-order valence-corrected chi connectivity index (χ3v) is 2.85. The van der Waals surface area contributed by atoms with Gasteiger partial charge in [0, 0.05) is 6.42 Å². The Kier molecular flexibility index (Phi) is 3.58. The summed E-state index contributed by atoms with van der Waals surface area (Å²) in [4.78, 5) is 23.3. The van der Waals surface area contributed by atoms with Gasteiger partial charge in [-0.25, -0.2) is 4.79 Å². The summed E-state index contributed by atoms with van der Waals surface area (Å²) in [6, 6.07) is 9.10. The minimum Gasteiger partial charge on any atom is -0.458 e. The Balaban J connectivity index is 2.02. The summed E-state index contributed by atoms with van der Waals surface area (Å²) in [5, 5.41) is 9.98. The van der Waals surface area contributed by atoms with Crippen LogP contribution in [0.4, 0.5) is 0 Å². The van der Waals surface area contributed by atoms with Crippen LogP contribution in [-0.4, -0.2) is 22.5 Å². The first-order chi connectivity index (χ1) is 8.63. The molecule has 0 aliphatic heterocycles. The third-order valence-electron chi connectivity index (χ3n) is 2.85. The van der Waals surface area contributed by atoms with E-state index in [9.17, 15) is 14.7 Å².